The Kier molecular flexibility index (Phi) is 4.54. The summed E-state index contributed by atoms with van der Waals surface area (Å²) in [5, 5.41) is 11.8. The fraction of sp³-hybridized carbons (Fsp3) is 0.0769. The summed E-state index contributed by atoms with van der Waals surface area (Å²) in [5.41, 5.74) is 0.498. The lowest BCUT2D eigenvalue weighted by atomic mass is 10.2. The van der Waals surface area contributed by atoms with Crippen LogP contribution in [0.5, 0.6) is 5.75 Å². The number of hydrogen-bond acceptors (Lipinski definition) is 4. The zero-order valence-electron chi connectivity index (χ0n) is 10.4. The van der Waals surface area contributed by atoms with E-state index in [0.717, 1.165) is 0 Å². The van der Waals surface area contributed by atoms with Gasteiger partial charge in [0.15, 0.2) is 0 Å². The van der Waals surface area contributed by atoms with Gasteiger partial charge in [-0.1, -0.05) is 11.6 Å². The first-order chi connectivity index (χ1) is 9.94. The number of ether oxygens (including phenoxy) is 1. The van der Waals surface area contributed by atoms with Gasteiger partial charge in [0.25, 0.3) is 0 Å². The fourth-order valence-corrected chi connectivity index (χ4v) is 1.76. The number of alkyl halides is 2. The minimum atomic E-state index is -2.89. The van der Waals surface area contributed by atoms with Gasteiger partial charge in [-0.15, -0.1) is 0 Å². The average molecular weight is 315 g/mol. The van der Waals surface area contributed by atoms with Crippen molar-refractivity contribution in [1.29, 1.82) is 0 Å². The minimum absolute atomic E-state index is 0.0147. The zero-order chi connectivity index (χ0) is 15.4. The number of anilines is 2. The molecule has 0 fully saturated rings. The number of hydrogen-bond donors (Lipinski definition) is 2. The van der Waals surface area contributed by atoms with Crippen LogP contribution in [0.25, 0.3) is 0 Å². The molecule has 0 atom stereocenters. The van der Waals surface area contributed by atoms with Crippen LogP contribution in [0, 0.1) is 0 Å². The average Bonchev–Trinajstić information content (AvgIpc) is 2.39. The van der Waals surface area contributed by atoms with E-state index in [-0.39, 0.29) is 22.3 Å². The summed E-state index contributed by atoms with van der Waals surface area (Å²) in [6, 6.07) is 8.18. The molecule has 1 heterocycles. The van der Waals surface area contributed by atoms with E-state index in [0.29, 0.717) is 5.69 Å². The summed E-state index contributed by atoms with van der Waals surface area (Å²) in [6.45, 7) is -2.89. The van der Waals surface area contributed by atoms with Gasteiger partial charge < -0.3 is 15.2 Å². The van der Waals surface area contributed by atoms with E-state index in [1.807, 2.05) is 0 Å². The third-order valence-electron chi connectivity index (χ3n) is 2.39. The van der Waals surface area contributed by atoms with Crippen molar-refractivity contribution < 1.29 is 23.4 Å². The van der Waals surface area contributed by atoms with Gasteiger partial charge in [-0.25, -0.2) is 9.78 Å². The van der Waals surface area contributed by atoms with E-state index < -0.39 is 12.6 Å². The van der Waals surface area contributed by atoms with Crippen LogP contribution in [0.2, 0.25) is 5.15 Å². The Labute approximate surface area is 123 Å². The molecule has 0 radical (unpaired) electrons. The van der Waals surface area contributed by atoms with Crippen LogP contribution < -0.4 is 10.1 Å². The van der Waals surface area contributed by atoms with Crippen LogP contribution in [-0.2, 0) is 0 Å². The van der Waals surface area contributed by atoms with E-state index in [9.17, 15) is 13.6 Å². The van der Waals surface area contributed by atoms with Crippen LogP contribution in [0.15, 0.2) is 36.4 Å². The molecule has 1 aromatic carbocycles. The molecule has 1 aromatic heterocycles. The third-order valence-corrected chi connectivity index (χ3v) is 2.59. The molecule has 110 valence electrons. The Morgan fingerprint density at radius 3 is 2.52 bits per heavy atom. The molecule has 8 heteroatoms. The summed E-state index contributed by atoms with van der Waals surface area (Å²) in [4.78, 5) is 14.8. The molecule has 2 aromatic rings. The first kappa shape index (κ1) is 15.0. The quantitative estimate of drug-likeness (QED) is 0.822. The third kappa shape index (κ3) is 4.28. The van der Waals surface area contributed by atoms with E-state index in [4.69, 9.17) is 16.7 Å². The van der Waals surface area contributed by atoms with E-state index in [1.54, 1.807) is 0 Å². The number of carboxylic acid groups (broad SMARTS) is 1. The highest BCUT2D eigenvalue weighted by molar-refractivity contribution is 6.29. The number of aromatic nitrogens is 1. The topological polar surface area (TPSA) is 71.5 Å². The SMILES string of the molecule is O=C(O)c1cc(Cl)nc(Nc2ccc(OC(F)F)cc2)c1. The summed E-state index contributed by atoms with van der Waals surface area (Å²) in [7, 11) is 0. The van der Waals surface area contributed by atoms with Crippen LogP contribution in [0.1, 0.15) is 10.4 Å². The molecule has 0 bridgehead atoms. The predicted octanol–water partition coefficient (Wildman–Crippen LogP) is 3.78. The molecule has 0 aliphatic rings. The number of pyridine rings is 1. The molecule has 0 unspecified atom stereocenters. The minimum Gasteiger partial charge on any atom is -0.478 e. The summed E-state index contributed by atoms with van der Waals surface area (Å²) >= 11 is 5.73. The second kappa shape index (κ2) is 6.36. The number of halogens is 3. The van der Waals surface area contributed by atoms with Crippen LogP contribution >= 0.6 is 11.6 Å². The van der Waals surface area contributed by atoms with Crippen molar-refractivity contribution >= 4 is 29.1 Å². The van der Waals surface area contributed by atoms with Crippen molar-refractivity contribution in [3.63, 3.8) is 0 Å². The Morgan fingerprint density at radius 2 is 1.95 bits per heavy atom. The first-order valence-corrected chi connectivity index (χ1v) is 6.04. The second-order valence-corrected chi connectivity index (χ2v) is 4.28. The second-order valence-electron chi connectivity index (χ2n) is 3.90. The zero-order valence-corrected chi connectivity index (χ0v) is 11.1. The Balaban J connectivity index is 2.16. The molecule has 0 saturated carbocycles. The van der Waals surface area contributed by atoms with Crippen LogP contribution in [-0.4, -0.2) is 22.7 Å². The van der Waals surface area contributed by atoms with Gasteiger partial charge in [0.1, 0.15) is 16.7 Å². The maximum absolute atomic E-state index is 12.0. The fourth-order valence-electron chi connectivity index (χ4n) is 1.55. The maximum atomic E-state index is 12.0. The molecular formula is C13H9ClF2N2O3. The lowest BCUT2D eigenvalue weighted by molar-refractivity contribution is -0.0498. The van der Waals surface area contributed by atoms with Crippen LogP contribution in [0.4, 0.5) is 20.3 Å². The maximum Gasteiger partial charge on any atom is 0.387 e. The van der Waals surface area contributed by atoms with Gasteiger partial charge in [-0.05, 0) is 36.4 Å². The van der Waals surface area contributed by atoms with Crippen molar-refractivity contribution in [2.45, 2.75) is 6.61 Å². The smallest absolute Gasteiger partial charge is 0.387 e. The van der Waals surface area contributed by atoms with Gasteiger partial charge in [0.2, 0.25) is 0 Å². The number of rotatable bonds is 5. The first-order valence-electron chi connectivity index (χ1n) is 5.67. The number of benzene rings is 1. The van der Waals surface area contributed by atoms with Gasteiger partial charge in [0.05, 0.1) is 5.56 Å². The molecule has 0 amide bonds. The summed E-state index contributed by atoms with van der Waals surface area (Å²) in [5.74, 6) is -0.897. The van der Waals surface area contributed by atoms with Crippen LogP contribution in [0.3, 0.4) is 0 Å². The number of nitrogens with zero attached hydrogens (tertiary/aromatic N) is 1. The van der Waals surface area contributed by atoms with Crippen molar-refractivity contribution in [2.24, 2.45) is 0 Å². The summed E-state index contributed by atoms with van der Waals surface area (Å²) in [6.07, 6.45) is 0. The van der Waals surface area contributed by atoms with Gasteiger partial charge >= 0.3 is 12.6 Å². The molecule has 0 aliphatic heterocycles. The molecule has 2 N–H and O–H groups in total. The number of aromatic carboxylic acids is 1. The van der Waals surface area contributed by atoms with Gasteiger partial charge in [0, 0.05) is 5.69 Å². The highest BCUT2D eigenvalue weighted by Crippen LogP contribution is 2.22. The lowest BCUT2D eigenvalue weighted by Crippen LogP contribution is -2.02. The highest BCUT2D eigenvalue weighted by Gasteiger charge is 2.08. The molecular weight excluding hydrogens is 306 g/mol. The molecule has 2 rings (SSSR count). The molecule has 5 nitrogen and oxygen atoms in total. The van der Waals surface area contributed by atoms with Gasteiger partial charge in [-0.2, -0.15) is 8.78 Å². The monoisotopic (exact) mass is 314 g/mol. The number of nitrogens with one attached hydrogen (secondary N) is 1. The molecule has 0 aliphatic carbocycles. The number of carbonyl (C=O) groups is 1. The standard InChI is InChI=1S/C13H9ClF2N2O3/c14-10-5-7(12(19)20)6-11(18-10)17-8-1-3-9(4-2-8)21-13(15)16/h1-6,13H,(H,17,18)(H,19,20). The summed E-state index contributed by atoms with van der Waals surface area (Å²) < 4.78 is 28.2. The Hall–Kier alpha value is -2.41. The number of carboxylic acids is 1. The van der Waals surface area contributed by atoms with Crippen molar-refractivity contribution in [1.82, 2.24) is 4.98 Å². The van der Waals surface area contributed by atoms with Crippen molar-refractivity contribution in [2.75, 3.05) is 5.32 Å². The van der Waals surface area contributed by atoms with Gasteiger partial charge in [-0.3, -0.25) is 0 Å². The highest BCUT2D eigenvalue weighted by atomic mass is 35.5. The van der Waals surface area contributed by atoms with E-state index in [2.05, 4.69) is 15.0 Å². The van der Waals surface area contributed by atoms with Crippen molar-refractivity contribution in [3.05, 3.63) is 47.1 Å². The molecule has 21 heavy (non-hydrogen) atoms. The normalized spacial score (nSPS) is 10.5. The lowest BCUT2D eigenvalue weighted by Gasteiger charge is -2.08. The Bertz CT molecular complexity index is 650. The Morgan fingerprint density at radius 1 is 1.29 bits per heavy atom. The molecule has 0 spiro atoms. The molecule has 0 saturated heterocycles. The van der Waals surface area contributed by atoms with E-state index in [1.165, 1.54) is 36.4 Å². The van der Waals surface area contributed by atoms with Crippen molar-refractivity contribution in [3.8, 4) is 5.75 Å². The largest absolute Gasteiger partial charge is 0.478 e. The van der Waals surface area contributed by atoms with E-state index >= 15 is 0 Å². The predicted molar refractivity (Wildman–Crippen MR) is 72.6 cm³/mol.